The number of nitrogens with two attached hydrogens (primary N) is 1. The zero-order valence-corrected chi connectivity index (χ0v) is 13.6. The van der Waals surface area contributed by atoms with Gasteiger partial charge in [0.1, 0.15) is 0 Å². The highest BCUT2D eigenvalue weighted by atomic mass is 79.9. The van der Waals surface area contributed by atoms with Gasteiger partial charge in [-0.05, 0) is 55.7 Å². The molecule has 1 saturated carbocycles. The molecular weight excluding hydrogens is 298 g/mol. The van der Waals surface area contributed by atoms with Crippen molar-refractivity contribution in [2.24, 2.45) is 11.7 Å². The van der Waals surface area contributed by atoms with Crippen LogP contribution in [0.5, 0.6) is 0 Å². The smallest absolute Gasteiger partial charge is 0.0195 e. The van der Waals surface area contributed by atoms with Crippen molar-refractivity contribution in [2.75, 3.05) is 0 Å². The summed E-state index contributed by atoms with van der Waals surface area (Å²) in [6.07, 6.45) is 10.2. The minimum Gasteiger partial charge on any atom is -0.325 e. The molecule has 1 aromatic carbocycles. The van der Waals surface area contributed by atoms with E-state index in [9.17, 15) is 0 Å². The molecule has 2 heteroatoms. The minimum atomic E-state index is 0.0382. The molecule has 0 heterocycles. The van der Waals surface area contributed by atoms with Gasteiger partial charge in [0.05, 0.1) is 0 Å². The van der Waals surface area contributed by atoms with Crippen LogP contribution in [0.25, 0.3) is 0 Å². The van der Waals surface area contributed by atoms with Crippen LogP contribution in [0, 0.1) is 5.92 Å². The lowest BCUT2D eigenvalue weighted by atomic mass is 9.73. The first-order valence-electron chi connectivity index (χ1n) is 7.65. The lowest BCUT2D eigenvalue weighted by Gasteiger charge is -2.37. The van der Waals surface area contributed by atoms with Crippen LogP contribution in [0.2, 0.25) is 0 Å². The predicted molar refractivity (Wildman–Crippen MR) is 86.2 cm³/mol. The molecule has 0 amide bonds. The molecule has 19 heavy (non-hydrogen) atoms. The molecular formula is C17H26BrN. The molecule has 0 atom stereocenters. The van der Waals surface area contributed by atoms with Gasteiger partial charge >= 0.3 is 0 Å². The quantitative estimate of drug-likeness (QED) is 0.804. The second-order valence-corrected chi connectivity index (χ2v) is 7.17. The first kappa shape index (κ1) is 15.1. The largest absolute Gasteiger partial charge is 0.325 e. The summed E-state index contributed by atoms with van der Waals surface area (Å²) in [6, 6.07) is 8.63. The van der Waals surface area contributed by atoms with E-state index < -0.39 is 0 Å². The van der Waals surface area contributed by atoms with E-state index in [1.807, 2.05) is 0 Å². The molecule has 1 aliphatic rings. The molecule has 0 radical (unpaired) electrons. The van der Waals surface area contributed by atoms with Gasteiger partial charge in [-0.25, -0.2) is 0 Å². The second-order valence-electron chi connectivity index (χ2n) is 6.25. The SMILES string of the molecule is CCCCC1CCC(N)(Cc2ccc(Br)cc2)CC1. The number of benzene rings is 1. The zero-order chi connectivity index (χ0) is 13.7. The van der Waals surface area contributed by atoms with Gasteiger partial charge in [-0.15, -0.1) is 0 Å². The Balaban J connectivity index is 1.85. The topological polar surface area (TPSA) is 26.0 Å². The molecule has 106 valence electrons. The maximum atomic E-state index is 6.61. The van der Waals surface area contributed by atoms with Crippen LogP contribution in [0.3, 0.4) is 0 Å². The van der Waals surface area contributed by atoms with Crippen LogP contribution in [0.1, 0.15) is 57.4 Å². The van der Waals surface area contributed by atoms with Crippen molar-refractivity contribution in [3.8, 4) is 0 Å². The lowest BCUT2D eigenvalue weighted by molar-refractivity contribution is 0.221. The Bertz CT molecular complexity index is 377. The first-order chi connectivity index (χ1) is 9.11. The number of unbranched alkanes of at least 4 members (excludes halogenated alkanes) is 1. The van der Waals surface area contributed by atoms with E-state index in [2.05, 4.69) is 47.1 Å². The Hall–Kier alpha value is -0.340. The Morgan fingerprint density at radius 1 is 1.21 bits per heavy atom. The van der Waals surface area contributed by atoms with Crippen molar-refractivity contribution < 1.29 is 0 Å². The highest BCUT2D eigenvalue weighted by Crippen LogP contribution is 2.35. The van der Waals surface area contributed by atoms with Crippen molar-refractivity contribution in [3.05, 3.63) is 34.3 Å². The van der Waals surface area contributed by atoms with Gasteiger partial charge in [0.15, 0.2) is 0 Å². The highest BCUT2D eigenvalue weighted by Gasteiger charge is 2.31. The Kier molecular flexibility index (Phi) is 5.47. The van der Waals surface area contributed by atoms with E-state index in [0.29, 0.717) is 0 Å². The maximum absolute atomic E-state index is 6.61. The van der Waals surface area contributed by atoms with E-state index in [1.165, 1.54) is 50.5 Å². The lowest BCUT2D eigenvalue weighted by Crippen LogP contribution is -2.45. The van der Waals surface area contributed by atoms with Crippen LogP contribution < -0.4 is 5.73 Å². The monoisotopic (exact) mass is 323 g/mol. The summed E-state index contributed by atoms with van der Waals surface area (Å²) in [5.74, 6) is 0.932. The molecule has 0 bridgehead atoms. The Morgan fingerprint density at radius 2 is 1.84 bits per heavy atom. The molecule has 2 N–H and O–H groups in total. The number of halogens is 1. The van der Waals surface area contributed by atoms with Crippen molar-refractivity contribution in [1.29, 1.82) is 0 Å². The molecule has 0 aromatic heterocycles. The number of hydrogen-bond acceptors (Lipinski definition) is 1. The first-order valence-corrected chi connectivity index (χ1v) is 8.44. The van der Waals surface area contributed by atoms with Gasteiger partial charge in [-0.2, -0.15) is 0 Å². The number of rotatable bonds is 5. The molecule has 0 spiro atoms. The third-order valence-corrected chi connectivity index (χ3v) is 5.06. The van der Waals surface area contributed by atoms with Crippen LogP contribution in [-0.4, -0.2) is 5.54 Å². The third-order valence-electron chi connectivity index (χ3n) is 4.54. The van der Waals surface area contributed by atoms with Crippen LogP contribution >= 0.6 is 15.9 Å². The fourth-order valence-electron chi connectivity index (χ4n) is 3.22. The average Bonchev–Trinajstić information content (AvgIpc) is 2.41. The van der Waals surface area contributed by atoms with E-state index in [-0.39, 0.29) is 5.54 Å². The van der Waals surface area contributed by atoms with Gasteiger partial charge in [-0.3, -0.25) is 0 Å². The predicted octanol–water partition coefficient (Wildman–Crippen LogP) is 5.07. The van der Waals surface area contributed by atoms with E-state index in [4.69, 9.17) is 5.73 Å². The standard InChI is InChI=1S/C17H26BrN/c1-2-3-4-14-9-11-17(19,12-10-14)13-15-5-7-16(18)8-6-15/h5-8,14H,2-4,9-13,19H2,1H3. The van der Waals surface area contributed by atoms with Crippen molar-refractivity contribution in [2.45, 2.75) is 63.8 Å². The highest BCUT2D eigenvalue weighted by molar-refractivity contribution is 9.10. The van der Waals surface area contributed by atoms with Gasteiger partial charge in [0.2, 0.25) is 0 Å². The summed E-state index contributed by atoms with van der Waals surface area (Å²) in [7, 11) is 0. The molecule has 1 fully saturated rings. The van der Waals surface area contributed by atoms with Crippen LogP contribution in [0.15, 0.2) is 28.7 Å². The van der Waals surface area contributed by atoms with Crippen LogP contribution in [0.4, 0.5) is 0 Å². The molecule has 0 saturated heterocycles. The van der Waals surface area contributed by atoms with Crippen molar-refractivity contribution in [3.63, 3.8) is 0 Å². The van der Waals surface area contributed by atoms with Gasteiger partial charge in [-0.1, -0.05) is 54.2 Å². The summed E-state index contributed by atoms with van der Waals surface area (Å²) in [6.45, 7) is 2.28. The fourth-order valence-corrected chi connectivity index (χ4v) is 3.48. The molecule has 1 aromatic rings. The summed E-state index contributed by atoms with van der Waals surface area (Å²) in [4.78, 5) is 0. The minimum absolute atomic E-state index is 0.0382. The molecule has 1 aliphatic carbocycles. The molecule has 1 nitrogen and oxygen atoms in total. The fraction of sp³-hybridized carbons (Fsp3) is 0.647. The van der Waals surface area contributed by atoms with Crippen molar-refractivity contribution >= 4 is 15.9 Å². The molecule has 2 rings (SSSR count). The van der Waals surface area contributed by atoms with E-state index in [1.54, 1.807) is 0 Å². The van der Waals surface area contributed by atoms with Crippen molar-refractivity contribution in [1.82, 2.24) is 0 Å². The van der Waals surface area contributed by atoms with Gasteiger partial charge < -0.3 is 5.73 Å². The number of hydrogen-bond donors (Lipinski definition) is 1. The van der Waals surface area contributed by atoms with Crippen LogP contribution in [-0.2, 0) is 6.42 Å². The summed E-state index contributed by atoms with van der Waals surface area (Å²) >= 11 is 3.48. The Morgan fingerprint density at radius 3 is 2.42 bits per heavy atom. The summed E-state index contributed by atoms with van der Waals surface area (Å²) < 4.78 is 1.14. The average molecular weight is 324 g/mol. The van der Waals surface area contributed by atoms with E-state index >= 15 is 0 Å². The molecule has 0 unspecified atom stereocenters. The molecule has 0 aliphatic heterocycles. The zero-order valence-electron chi connectivity index (χ0n) is 12.0. The summed E-state index contributed by atoms with van der Waals surface area (Å²) in [5.41, 5.74) is 8.02. The van der Waals surface area contributed by atoms with Gasteiger partial charge in [0.25, 0.3) is 0 Å². The normalized spacial score (nSPS) is 27.4. The van der Waals surface area contributed by atoms with Gasteiger partial charge in [0, 0.05) is 10.0 Å². The summed E-state index contributed by atoms with van der Waals surface area (Å²) in [5, 5.41) is 0. The Labute approximate surface area is 126 Å². The second kappa shape index (κ2) is 6.90. The van der Waals surface area contributed by atoms with E-state index in [0.717, 1.165) is 16.8 Å². The third kappa shape index (κ3) is 4.61. The maximum Gasteiger partial charge on any atom is 0.0195 e.